The first kappa shape index (κ1) is 15.2. The number of nitrogens with zero attached hydrogens (tertiary/aromatic N) is 2. The highest BCUT2D eigenvalue weighted by Crippen LogP contribution is 2.44. The van der Waals surface area contributed by atoms with E-state index in [0.29, 0.717) is 16.7 Å². The monoisotopic (exact) mass is 317 g/mol. The van der Waals surface area contributed by atoms with E-state index in [2.05, 4.69) is 52.5 Å². The van der Waals surface area contributed by atoms with Gasteiger partial charge < -0.3 is 15.5 Å². The number of nitrogens with one attached hydrogen (secondary N) is 3. The Kier molecular flexibility index (Phi) is 4.25. The highest BCUT2D eigenvalue weighted by Gasteiger charge is 2.47. The van der Waals surface area contributed by atoms with Gasteiger partial charge >= 0.3 is 0 Å². The lowest BCUT2D eigenvalue weighted by Crippen LogP contribution is -2.58. The summed E-state index contributed by atoms with van der Waals surface area (Å²) >= 11 is 1.97. The Morgan fingerprint density at radius 2 is 2.36 bits per heavy atom. The van der Waals surface area contributed by atoms with E-state index in [1.54, 1.807) is 6.08 Å². The van der Waals surface area contributed by atoms with Crippen LogP contribution in [0, 0.1) is 0 Å². The molecule has 0 amide bonds. The summed E-state index contributed by atoms with van der Waals surface area (Å²) in [5.74, 6) is 0.960. The second-order valence-corrected chi connectivity index (χ2v) is 6.91. The molecule has 0 aromatic carbocycles. The number of thioether (sulfide) groups is 1. The van der Waals surface area contributed by atoms with Gasteiger partial charge in [-0.1, -0.05) is 25.5 Å². The molecule has 3 aliphatic rings. The minimum atomic E-state index is 0.412. The molecule has 0 saturated carbocycles. The molecule has 118 valence electrons. The summed E-state index contributed by atoms with van der Waals surface area (Å²) in [6.07, 6.45) is 3.86. The topological polar surface area (TPSA) is 42.6 Å². The average Bonchev–Trinajstić information content (AvgIpc) is 3.10. The minimum absolute atomic E-state index is 0.412. The first-order valence-corrected chi connectivity index (χ1v) is 8.42. The second-order valence-electron chi connectivity index (χ2n) is 5.55. The fourth-order valence-electron chi connectivity index (χ4n) is 2.92. The number of hydrogen-bond donors (Lipinski definition) is 3. The van der Waals surface area contributed by atoms with Crippen LogP contribution in [0.1, 0.15) is 0 Å². The van der Waals surface area contributed by atoms with E-state index in [1.807, 2.05) is 23.8 Å². The Morgan fingerprint density at radius 3 is 3.09 bits per heavy atom. The molecule has 3 N–H and O–H groups in total. The van der Waals surface area contributed by atoms with Crippen LogP contribution in [-0.2, 0) is 0 Å². The van der Waals surface area contributed by atoms with Gasteiger partial charge in [0.15, 0.2) is 5.82 Å². The zero-order valence-electron chi connectivity index (χ0n) is 12.9. The molecule has 3 aliphatic heterocycles. The number of hydrogen-bond acceptors (Lipinski definition) is 6. The van der Waals surface area contributed by atoms with Crippen molar-refractivity contribution >= 4 is 11.8 Å². The quantitative estimate of drug-likeness (QED) is 0.518. The summed E-state index contributed by atoms with van der Waals surface area (Å²) in [5.41, 5.74) is 8.58. The zero-order valence-corrected chi connectivity index (χ0v) is 13.7. The Balaban J connectivity index is 1.65. The van der Waals surface area contributed by atoms with Gasteiger partial charge in [0.25, 0.3) is 0 Å². The summed E-state index contributed by atoms with van der Waals surface area (Å²) in [7, 11) is 2.00. The molecule has 22 heavy (non-hydrogen) atoms. The van der Waals surface area contributed by atoms with Gasteiger partial charge in [-0.15, -0.1) is 11.8 Å². The molecule has 0 spiro atoms. The van der Waals surface area contributed by atoms with Crippen LogP contribution in [0.5, 0.6) is 0 Å². The lowest BCUT2D eigenvalue weighted by atomic mass is 10.0. The van der Waals surface area contributed by atoms with Crippen LogP contribution in [-0.4, -0.2) is 53.3 Å². The number of fused-ring (bicyclic) bond motifs is 1. The Bertz CT molecular complexity index is 563. The molecule has 3 heterocycles. The first-order valence-electron chi connectivity index (χ1n) is 7.48. The standard InChI is InChI=1S/C16H23N5S/c1-5-11(2)19-21-9-8-18-14(21)7-6-13-10-20-12(3)15(17-4)16(20)22-13/h5-6,13,15-19H,1-3,8-10H2,4H3/t7?,13-,15+,16?/m0/s1. The lowest BCUT2D eigenvalue weighted by molar-refractivity contribution is 0.200. The summed E-state index contributed by atoms with van der Waals surface area (Å²) in [5, 5.41) is 9.63. The number of hydrazine groups is 1. The van der Waals surface area contributed by atoms with Crippen molar-refractivity contribution in [2.75, 3.05) is 26.7 Å². The second kappa shape index (κ2) is 6.16. The number of likely N-dealkylation sites (N-methyl/N-ethyl adjacent to an activating group) is 1. The first-order chi connectivity index (χ1) is 10.6. The van der Waals surface area contributed by atoms with E-state index in [0.717, 1.165) is 31.2 Å². The average molecular weight is 317 g/mol. The molecule has 3 rings (SSSR count). The third kappa shape index (κ3) is 2.65. The molecule has 0 aromatic heterocycles. The van der Waals surface area contributed by atoms with Crippen molar-refractivity contribution in [3.05, 3.63) is 54.8 Å². The van der Waals surface area contributed by atoms with Crippen molar-refractivity contribution in [2.45, 2.75) is 16.7 Å². The molecular weight excluding hydrogens is 294 g/mol. The van der Waals surface area contributed by atoms with Crippen molar-refractivity contribution in [3.8, 4) is 0 Å². The largest absolute Gasteiger partial charge is 0.362 e. The SMILES string of the molecule is C=CC(=C)NN1CCNC1=C=C[C@H]1CN2C(=C)[C@@H](NC)C2S1. The van der Waals surface area contributed by atoms with Crippen LogP contribution < -0.4 is 16.1 Å². The Labute approximate surface area is 136 Å². The van der Waals surface area contributed by atoms with E-state index in [-0.39, 0.29) is 0 Å². The molecule has 3 atom stereocenters. The Hall–Kier alpha value is -1.75. The summed E-state index contributed by atoms with van der Waals surface area (Å²) in [6.45, 7) is 14.5. The molecule has 6 heteroatoms. The van der Waals surface area contributed by atoms with E-state index >= 15 is 0 Å². The fraction of sp³-hybridized carbons (Fsp3) is 0.438. The van der Waals surface area contributed by atoms with Gasteiger partial charge in [0.05, 0.1) is 18.0 Å². The predicted molar refractivity (Wildman–Crippen MR) is 92.6 cm³/mol. The molecule has 0 aliphatic carbocycles. The smallest absolute Gasteiger partial charge is 0.165 e. The van der Waals surface area contributed by atoms with E-state index in [4.69, 9.17) is 0 Å². The molecule has 5 nitrogen and oxygen atoms in total. The van der Waals surface area contributed by atoms with Crippen molar-refractivity contribution in [1.29, 1.82) is 0 Å². The van der Waals surface area contributed by atoms with Gasteiger partial charge in [0.2, 0.25) is 0 Å². The lowest BCUT2D eigenvalue weighted by Gasteiger charge is -2.46. The maximum Gasteiger partial charge on any atom is 0.165 e. The van der Waals surface area contributed by atoms with Crippen LogP contribution in [0.15, 0.2) is 54.8 Å². The molecule has 0 bridgehead atoms. The summed E-state index contributed by atoms with van der Waals surface area (Å²) in [6, 6.07) is 0.412. The fourth-order valence-corrected chi connectivity index (χ4v) is 4.49. The molecule has 1 unspecified atom stereocenters. The maximum absolute atomic E-state index is 4.14. The summed E-state index contributed by atoms with van der Waals surface area (Å²) in [4.78, 5) is 2.37. The highest BCUT2D eigenvalue weighted by atomic mass is 32.2. The van der Waals surface area contributed by atoms with Gasteiger partial charge in [-0.2, -0.15) is 0 Å². The molecule has 3 fully saturated rings. The van der Waals surface area contributed by atoms with E-state index in [1.165, 1.54) is 5.70 Å². The molecular formula is C16H23N5S. The number of allylic oxidation sites excluding steroid dienone is 1. The predicted octanol–water partition coefficient (Wildman–Crippen LogP) is 0.951. The van der Waals surface area contributed by atoms with Gasteiger partial charge in [0, 0.05) is 29.7 Å². The van der Waals surface area contributed by atoms with Crippen LogP contribution in [0.4, 0.5) is 0 Å². The van der Waals surface area contributed by atoms with Gasteiger partial charge in [-0.05, 0) is 19.2 Å². The van der Waals surface area contributed by atoms with Gasteiger partial charge in [0.1, 0.15) is 0 Å². The van der Waals surface area contributed by atoms with E-state index in [9.17, 15) is 0 Å². The molecule has 0 aromatic rings. The van der Waals surface area contributed by atoms with Crippen molar-refractivity contribution < 1.29 is 0 Å². The van der Waals surface area contributed by atoms with Gasteiger partial charge in [-0.25, -0.2) is 0 Å². The van der Waals surface area contributed by atoms with Crippen molar-refractivity contribution in [1.82, 2.24) is 26.0 Å². The number of rotatable bonds is 5. The van der Waals surface area contributed by atoms with Crippen LogP contribution >= 0.6 is 11.8 Å². The van der Waals surface area contributed by atoms with Crippen molar-refractivity contribution in [3.63, 3.8) is 0 Å². The Morgan fingerprint density at radius 1 is 1.55 bits per heavy atom. The van der Waals surface area contributed by atoms with Crippen LogP contribution in [0.3, 0.4) is 0 Å². The normalized spacial score (nSPS) is 29.4. The highest BCUT2D eigenvalue weighted by molar-refractivity contribution is 8.01. The minimum Gasteiger partial charge on any atom is -0.362 e. The van der Waals surface area contributed by atoms with Gasteiger partial charge in [-0.3, -0.25) is 10.4 Å². The zero-order chi connectivity index (χ0) is 15.7. The molecule has 0 radical (unpaired) electrons. The third-order valence-electron chi connectivity index (χ3n) is 4.15. The summed E-state index contributed by atoms with van der Waals surface area (Å²) < 4.78 is 0. The van der Waals surface area contributed by atoms with Crippen molar-refractivity contribution in [2.24, 2.45) is 0 Å². The molecule has 3 saturated heterocycles. The maximum atomic E-state index is 4.14. The van der Waals surface area contributed by atoms with Crippen LogP contribution in [0.2, 0.25) is 0 Å². The third-order valence-corrected chi connectivity index (χ3v) is 5.59. The van der Waals surface area contributed by atoms with Crippen LogP contribution in [0.25, 0.3) is 0 Å². The van der Waals surface area contributed by atoms with E-state index < -0.39 is 0 Å².